The third-order valence-corrected chi connectivity index (χ3v) is 4.11. The van der Waals surface area contributed by atoms with E-state index < -0.39 is 15.3 Å². The van der Waals surface area contributed by atoms with Gasteiger partial charge in [-0.1, -0.05) is 23.7 Å². The fourth-order valence-electron chi connectivity index (χ4n) is 1.09. The molecule has 0 aliphatic rings. The van der Waals surface area contributed by atoms with E-state index in [1.807, 2.05) is 0 Å². The van der Waals surface area contributed by atoms with Gasteiger partial charge in [0, 0.05) is 5.02 Å². The summed E-state index contributed by atoms with van der Waals surface area (Å²) in [7, 11) is -1.85. The standard InChI is InChI=1S/C9H12ClNO2S/c1-7(14(12,13)11-2)8-3-5-9(10)6-4-8/h3-7,11H,1-2H3. The summed E-state index contributed by atoms with van der Waals surface area (Å²) in [6.45, 7) is 1.63. The minimum absolute atomic E-state index is 0.565. The lowest BCUT2D eigenvalue weighted by Crippen LogP contribution is -2.23. The molecule has 0 saturated carbocycles. The second-order valence-electron chi connectivity index (χ2n) is 2.94. The Labute approximate surface area is 89.1 Å². The van der Waals surface area contributed by atoms with Crippen LogP contribution in [0.4, 0.5) is 0 Å². The van der Waals surface area contributed by atoms with Crippen molar-refractivity contribution in [1.29, 1.82) is 0 Å². The average Bonchev–Trinajstić information content (AvgIpc) is 2.18. The number of hydrogen-bond acceptors (Lipinski definition) is 2. The normalized spacial score (nSPS) is 13.9. The first-order valence-electron chi connectivity index (χ1n) is 4.15. The van der Waals surface area contributed by atoms with E-state index >= 15 is 0 Å². The highest BCUT2D eigenvalue weighted by Gasteiger charge is 2.19. The van der Waals surface area contributed by atoms with Gasteiger partial charge in [0.15, 0.2) is 0 Å². The fourth-order valence-corrected chi connectivity index (χ4v) is 2.08. The molecule has 0 bridgehead atoms. The predicted octanol–water partition coefficient (Wildman–Crippen LogP) is 1.95. The summed E-state index contributed by atoms with van der Waals surface area (Å²) in [6.07, 6.45) is 0. The molecule has 0 fully saturated rings. The summed E-state index contributed by atoms with van der Waals surface area (Å²) >= 11 is 5.70. The minimum atomic E-state index is -3.26. The second kappa shape index (κ2) is 4.29. The van der Waals surface area contributed by atoms with Crippen LogP contribution in [0.3, 0.4) is 0 Å². The van der Waals surface area contributed by atoms with Crippen LogP contribution in [0.2, 0.25) is 5.02 Å². The lowest BCUT2D eigenvalue weighted by molar-refractivity contribution is 0.578. The summed E-state index contributed by atoms with van der Waals surface area (Å²) in [6, 6.07) is 6.78. The Morgan fingerprint density at radius 1 is 1.29 bits per heavy atom. The van der Waals surface area contributed by atoms with Crippen molar-refractivity contribution in [3.63, 3.8) is 0 Å². The zero-order chi connectivity index (χ0) is 10.8. The Hall–Kier alpha value is -0.580. The number of halogens is 1. The molecule has 14 heavy (non-hydrogen) atoms. The average molecular weight is 234 g/mol. The first-order chi connectivity index (χ1) is 6.47. The van der Waals surface area contributed by atoms with Gasteiger partial charge >= 0.3 is 0 Å². The van der Waals surface area contributed by atoms with E-state index in [0.717, 1.165) is 5.56 Å². The molecule has 0 heterocycles. The molecule has 0 aliphatic carbocycles. The van der Waals surface area contributed by atoms with Gasteiger partial charge in [0.25, 0.3) is 0 Å². The molecule has 0 spiro atoms. The zero-order valence-corrected chi connectivity index (χ0v) is 9.56. The minimum Gasteiger partial charge on any atom is -0.218 e. The number of benzene rings is 1. The van der Waals surface area contributed by atoms with Gasteiger partial charge in [0.2, 0.25) is 10.0 Å². The van der Waals surface area contributed by atoms with Gasteiger partial charge in [-0.15, -0.1) is 0 Å². The number of sulfonamides is 1. The van der Waals surface area contributed by atoms with Gasteiger partial charge in [0.05, 0.1) is 5.25 Å². The Morgan fingerprint density at radius 2 is 1.79 bits per heavy atom. The van der Waals surface area contributed by atoms with Crippen LogP contribution in [-0.2, 0) is 10.0 Å². The van der Waals surface area contributed by atoms with Crippen molar-refractivity contribution in [3.8, 4) is 0 Å². The molecule has 0 radical (unpaired) electrons. The molecule has 0 amide bonds. The smallest absolute Gasteiger partial charge is 0.218 e. The van der Waals surface area contributed by atoms with Gasteiger partial charge in [-0.25, -0.2) is 13.1 Å². The van der Waals surface area contributed by atoms with Crippen LogP contribution < -0.4 is 4.72 Å². The quantitative estimate of drug-likeness (QED) is 0.868. The molecule has 1 unspecified atom stereocenters. The fraction of sp³-hybridized carbons (Fsp3) is 0.333. The Balaban J connectivity index is 3.01. The summed E-state index contributed by atoms with van der Waals surface area (Å²) < 4.78 is 25.2. The van der Waals surface area contributed by atoms with Crippen molar-refractivity contribution in [2.75, 3.05) is 7.05 Å². The Kier molecular flexibility index (Phi) is 3.53. The van der Waals surface area contributed by atoms with E-state index in [1.54, 1.807) is 31.2 Å². The van der Waals surface area contributed by atoms with Crippen molar-refractivity contribution in [1.82, 2.24) is 4.72 Å². The molecule has 1 aromatic carbocycles. The van der Waals surface area contributed by atoms with Crippen molar-refractivity contribution in [2.45, 2.75) is 12.2 Å². The van der Waals surface area contributed by atoms with Gasteiger partial charge < -0.3 is 0 Å². The third kappa shape index (κ3) is 2.47. The molecular weight excluding hydrogens is 222 g/mol. The highest BCUT2D eigenvalue weighted by atomic mass is 35.5. The van der Waals surface area contributed by atoms with Gasteiger partial charge in [0.1, 0.15) is 0 Å². The molecular formula is C9H12ClNO2S. The van der Waals surface area contributed by atoms with E-state index in [1.165, 1.54) is 7.05 Å². The first-order valence-corrected chi connectivity index (χ1v) is 6.07. The maximum Gasteiger partial charge on any atom is 0.218 e. The summed E-state index contributed by atoms with van der Waals surface area (Å²) in [5.41, 5.74) is 0.726. The van der Waals surface area contributed by atoms with Crippen LogP contribution in [0.15, 0.2) is 24.3 Å². The van der Waals surface area contributed by atoms with E-state index in [9.17, 15) is 8.42 Å². The molecule has 0 saturated heterocycles. The largest absolute Gasteiger partial charge is 0.218 e. The summed E-state index contributed by atoms with van der Waals surface area (Å²) in [5, 5.41) is 0.0348. The molecule has 1 aromatic rings. The van der Waals surface area contributed by atoms with Crippen LogP contribution in [0.5, 0.6) is 0 Å². The summed E-state index contributed by atoms with van der Waals surface area (Å²) in [4.78, 5) is 0. The van der Waals surface area contributed by atoms with Crippen LogP contribution in [0.1, 0.15) is 17.7 Å². The van der Waals surface area contributed by atoms with E-state index in [0.29, 0.717) is 5.02 Å². The molecule has 1 atom stereocenters. The summed E-state index contributed by atoms with van der Waals surface area (Å²) in [5.74, 6) is 0. The molecule has 1 rings (SSSR count). The maximum absolute atomic E-state index is 11.4. The van der Waals surface area contributed by atoms with E-state index in [-0.39, 0.29) is 0 Å². The van der Waals surface area contributed by atoms with Crippen molar-refractivity contribution >= 4 is 21.6 Å². The molecule has 1 N–H and O–H groups in total. The van der Waals surface area contributed by atoms with Gasteiger partial charge in [-0.05, 0) is 31.7 Å². The molecule has 78 valence electrons. The lowest BCUT2D eigenvalue weighted by Gasteiger charge is -2.11. The third-order valence-electron chi connectivity index (χ3n) is 2.09. The van der Waals surface area contributed by atoms with Crippen LogP contribution >= 0.6 is 11.6 Å². The second-order valence-corrected chi connectivity index (χ2v) is 5.58. The highest BCUT2D eigenvalue weighted by molar-refractivity contribution is 7.89. The molecule has 3 nitrogen and oxygen atoms in total. The maximum atomic E-state index is 11.4. The van der Waals surface area contributed by atoms with Crippen LogP contribution in [0, 0.1) is 0 Å². The van der Waals surface area contributed by atoms with Crippen LogP contribution in [-0.4, -0.2) is 15.5 Å². The number of nitrogens with one attached hydrogen (secondary N) is 1. The molecule has 0 aromatic heterocycles. The zero-order valence-electron chi connectivity index (χ0n) is 7.99. The van der Waals surface area contributed by atoms with Crippen molar-refractivity contribution in [3.05, 3.63) is 34.9 Å². The topological polar surface area (TPSA) is 46.2 Å². The van der Waals surface area contributed by atoms with Gasteiger partial charge in [-0.3, -0.25) is 0 Å². The predicted molar refractivity (Wildman–Crippen MR) is 57.8 cm³/mol. The first kappa shape index (κ1) is 11.5. The van der Waals surface area contributed by atoms with Gasteiger partial charge in [-0.2, -0.15) is 0 Å². The Morgan fingerprint density at radius 3 is 2.21 bits per heavy atom. The van der Waals surface area contributed by atoms with E-state index in [4.69, 9.17) is 11.6 Å². The van der Waals surface area contributed by atoms with Crippen LogP contribution in [0.25, 0.3) is 0 Å². The highest BCUT2D eigenvalue weighted by Crippen LogP contribution is 2.21. The number of hydrogen-bond donors (Lipinski definition) is 1. The Bertz CT molecular complexity index is 399. The monoisotopic (exact) mass is 233 g/mol. The van der Waals surface area contributed by atoms with Crippen molar-refractivity contribution < 1.29 is 8.42 Å². The molecule has 0 aliphatic heterocycles. The van der Waals surface area contributed by atoms with Crippen molar-refractivity contribution in [2.24, 2.45) is 0 Å². The molecule has 5 heteroatoms. The number of rotatable bonds is 3. The SMILES string of the molecule is CNS(=O)(=O)C(C)c1ccc(Cl)cc1. The lowest BCUT2D eigenvalue weighted by atomic mass is 10.2. The van der Waals surface area contributed by atoms with E-state index in [2.05, 4.69) is 4.72 Å².